The first-order chi connectivity index (χ1) is 10.0. The fraction of sp³-hybridized carbons (Fsp3) is 0.333. The predicted octanol–water partition coefficient (Wildman–Crippen LogP) is 5.39. The quantitative estimate of drug-likeness (QED) is 0.782. The lowest BCUT2D eigenvalue weighted by atomic mass is 10.0. The highest BCUT2D eigenvalue weighted by Crippen LogP contribution is 2.34. The maximum atomic E-state index is 6.20. The molecule has 0 aliphatic heterocycles. The third-order valence-electron chi connectivity index (χ3n) is 3.40. The molecule has 2 aromatic carbocycles. The van der Waals surface area contributed by atoms with Crippen molar-refractivity contribution in [2.24, 2.45) is 0 Å². The van der Waals surface area contributed by atoms with E-state index in [9.17, 15) is 0 Å². The van der Waals surface area contributed by atoms with E-state index in [1.165, 1.54) is 16.7 Å². The summed E-state index contributed by atoms with van der Waals surface area (Å²) in [5.41, 5.74) is 3.63. The number of benzene rings is 2. The summed E-state index contributed by atoms with van der Waals surface area (Å²) in [5.74, 6) is 2.25. The first-order valence-electron chi connectivity index (χ1n) is 7.22. The predicted molar refractivity (Wildman–Crippen MR) is 92.2 cm³/mol. The lowest BCUT2D eigenvalue weighted by Crippen LogP contribution is -2.07. The Morgan fingerprint density at radius 1 is 1.10 bits per heavy atom. The van der Waals surface area contributed by atoms with Gasteiger partial charge in [0.25, 0.3) is 0 Å². The van der Waals surface area contributed by atoms with E-state index in [0.717, 1.165) is 22.5 Å². The normalized spacial score (nSPS) is 11.0. The molecule has 0 fully saturated rings. The Bertz CT molecular complexity index is 623. The second-order valence-electron chi connectivity index (χ2n) is 5.58. The Balaban J connectivity index is 2.38. The standard InChI is InChI=1S/C18H22BrNO/c1-12(2)16-10-15(19)6-8-18(16)21-17-7-5-13(3)9-14(17)11-20-4/h5-10,12,20H,11H2,1-4H3. The van der Waals surface area contributed by atoms with Crippen molar-refractivity contribution in [1.82, 2.24) is 5.32 Å². The Morgan fingerprint density at radius 2 is 1.81 bits per heavy atom. The molecule has 0 atom stereocenters. The summed E-state index contributed by atoms with van der Waals surface area (Å²) in [6, 6.07) is 12.5. The van der Waals surface area contributed by atoms with Crippen molar-refractivity contribution >= 4 is 15.9 Å². The zero-order valence-electron chi connectivity index (χ0n) is 13.0. The van der Waals surface area contributed by atoms with Gasteiger partial charge in [-0.3, -0.25) is 0 Å². The van der Waals surface area contributed by atoms with Crippen LogP contribution in [0.4, 0.5) is 0 Å². The minimum Gasteiger partial charge on any atom is -0.457 e. The van der Waals surface area contributed by atoms with Gasteiger partial charge in [0.05, 0.1) is 0 Å². The average molecular weight is 348 g/mol. The Hall–Kier alpha value is -1.32. The maximum absolute atomic E-state index is 6.20. The molecule has 2 aromatic rings. The highest BCUT2D eigenvalue weighted by atomic mass is 79.9. The van der Waals surface area contributed by atoms with Gasteiger partial charge in [0.1, 0.15) is 11.5 Å². The summed E-state index contributed by atoms with van der Waals surface area (Å²) >= 11 is 3.53. The fourth-order valence-electron chi connectivity index (χ4n) is 2.32. The second kappa shape index (κ2) is 7.10. The van der Waals surface area contributed by atoms with Crippen LogP contribution in [0.15, 0.2) is 40.9 Å². The molecule has 0 radical (unpaired) electrons. The van der Waals surface area contributed by atoms with E-state index in [1.54, 1.807) is 0 Å². The molecule has 1 N–H and O–H groups in total. The van der Waals surface area contributed by atoms with Crippen LogP contribution < -0.4 is 10.1 Å². The molecule has 0 aromatic heterocycles. The van der Waals surface area contributed by atoms with Crippen LogP contribution in [0.1, 0.15) is 36.5 Å². The fourth-order valence-corrected chi connectivity index (χ4v) is 2.70. The molecule has 0 amide bonds. The molecular weight excluding hydrogens is 326 g/mol. The summed E-state index contributed by atoms with van der Waals surface area (Å²) in [6.45, 7) is 7.25. The Kier molecular flexibility index (Phi) is 5.43. The van der Waals surface area contributed by atoms with E-state index in [-0.39, 0.29) is 0 Å². The number of nitrogens with one attached hydrogen (secondary N) is 1. The van der Waals surface area contributed by atoms with Gasteiger partial charge in [-0.1, -0.05) is 47.5 Å². The minimum atomic E-state index is 0.413. The Morgan fingerprint density at radius 3 is 2.48 bits per heavy atom. The van der Waals surface area contributed by atoms with Crippen LogP contribution in [-0.2, 0) is 6.54 Å². The first kappa shape index (κ1) is 16.1. The first-order valence-corrected chi connectivity index (χ1v) is 8.02. The second-order valence-corrected chi connectivity index (χ2v) is 6.50. The van der Waals surface area contributed by atoms with Gasteiger partial charge in [0.2, 0.25) is 0 Å². The minimum absolute atomic E-state index is 0.413. The van der Waals surface area contributed by atoms with E-state index in [1.807, 2.05) is 25.2 Å². The molecule has 0 saturated carbocycles. The zero-order valence-corrected chi connectivity index (χ0v) is 14.6. The summed E-state index contributed by atoms with van der Waals surface area (Å²) in [7, 11) is 1.95. The summed E-state index contributed by atoms with van der Waals surface area (Å²) in [4.78, 5) is 0. The third-order valence-corrected chi connectivity index (χ3v) is 3.89. The highest BCUT2D eigenvalue weighted by Gasteiger charge is 2.11. The molecule has 3 heteroatoms. The molecular formula is C18H22BrNO. The van der Waals surface area contributed by atoms with Gasteiger partial charge in [-0.25, -0.2) is 0 Å². The van der Waals surface area contributed by atoms with E-state index < -0.39 is 0 Å². The smallest absolute Gasteiger partial charge is 0.131 e. The Labute approximate surface area is 135 Å². The van der Waals surface area contributed by atoms with Gasteiger partial charge in [0.15, 0.2) is 0 Å². The molecule has 0 unspecified atom stereocenters. The van der Waals surface area contributed by atoms with E-state index >= 15 is 0 Å². The van der Waals surface area contributed by atoms with Gasteiger partial charge in [-0.15, -0.1) is 0 Å². The lowest BCUT2D eigenvalue weighted by Gasteiger charge is -2.17. The van der Waals surface area contributed by atoms with Crippen molar-refractivity contribution in [2.45, 2.75) is 33.2 Å². The van der Waals surface area contributed by atoms with E-state index in [4.69, 9.17) is 4.74 Å². The van der Waals surface area contributed by atoms with Crippen LogP contribution in [0.25, 0.3) is 0 Å². The van der Waals surface area contributed by atoms with Gasteiger partial charge in [-0.05, 0) is 49.7 Å². The highest BCUT2D eigenvalue weighted by molar-refractivity contribution is 9.10. The maximum Gasteiger partial charge on any atom is 0.131 e. The molecule has 2 rings (SSSR count). The van der Waals surface area contributed by atoms with Crippen LogP contribution >= 0.6 is 15.9 Å². The van der Waals surface area contributed by atoms with Crippen molar-refractivity contribution in [1.29, 1.82) is 0 Å². The van der Waals surface area contributed by atoms with Crippen LogP contribution in [0.5, 0.6) is 11.5 Å². The largest absolute Gasteiger partial charge is 0.457 e. The number of hydrogen-bond acceptors (Lipinski definition) is 2. The third kappa shape index (κ3) is 4.08. The topological polar surface area (TPSA) is 21.3 Å². The molecule has 0 spiro atoms. The molecule has 0 saturated heterocycles. The number of hydrogen-bond donors (Lipinski definition) is 1. The van der Waals surface area contributed by atoms with Gasteiger partial charge in [-0.2, -0.15) is 0 Å². The molecule has 0 bridgehead atoms. The summed E-state index contributed by atoms with van der Waals surface area (Å²) in [6.07, 6.45) is 0. The van der Waals surface area contributed by atoms with Crippen molar-refractivity contribution in [3.05, 3.63) is 57.6 Å². The number of halogens is 1. The molecule has 112 valence electrons. The summed E-state index contributed by atoms with van der Waals surface area (Å²) < 4.78 is 7.29. The van der Waals surface area contributed by atoms with Gasteiger partial charge >= 0.3 is 0 Å². The van der Waals surface area contributed by atoms with Crippen molar-refractivity contribution < 1.29 is 4.74 Å². The van der Waals surface area contributed by atoms with E-state index in [0.29, 0.717) is 5.92 Å². The van der Waals surface area contributed by atoms with Crippen LogP contribution in [0.2, 0.25) is 0 Å². The van der Waals surface area contributed by atoms with Crippen LogP contribution in [0, 0.1) is 6.92 Å². The number of rotatable bonds is 5. The monoisotopic (exact) mass is 347 g/mol. The van der Waals surface area contributed by atoms with Crippen molar-refractivity contribution in [3.63, 3.8) is 0 Å². The van der Waals surface area contributed by atoms with Gasteiger partial charge < -0.3 is 10.1 Å². The van der Waals surface area contributed by atoms with Crippen LogP contribution in [0.3, 0.4) is 0 Å². The van der Waals surface area contributed by atoms with Crippen molar-refractivity contribution in [2.75, 3.05) is 7.05 Å². The summed E-state index contributed by atoms with van der Waals surface area (Å²) in [5, 5.41) is 3.20. The lowest BCUT2D eigenvalue weighted by molar-refractivity contribution is 0.465. The average Bonchev–Trinajstić information content (AvgIpc) is 2.43. The van der Waals surface area contributed by atoms with Crippen LogP contribution in [-0.4, -0.2) is 7.05 Å². The molecule has 0 aliphatic carbocycles. The molecule has 0 heterocycles. The van der Waals surface area contributed by atoms with Gasteiger partial charge in [0, 0.05) is 16.6 Å². The van der Waals surface area contributed by atoms with Crippen molar-refractivity contribution in [3.8, 4) is 11.5 Å². The molecule has 21 heavy (non-hydrogen) atoms. The molecule has 0 aliphatic rings. The number of ether oxygens (including phenoxy) is 1. The number of aryl methyl sites for hydroxylation is 1. The SMILES string of the molecule is CNCc1cc(C)ccc1Oc1ccc(Br)cc1C(C)C. The van der Waals surface area contributed by atoms with E-state index in [2.05, 4.69) is 60.2 Å². The molecule has 2 nitrogen and oxygen atoms in total. The zero-order chi connectivity index (χ0) is 15.4.